The Bertz CT molecular complexity index is 869. The number of aliphatic hydroxyl groups is 1. The lowest BCUT2D eigenvalue weighted by atomic mass is 10.0. The van der Waals surface area contributed by atoms with Crippen LogP contribution in [0.5, 0.6) is 5.75 Å². The summed E-state index contributed by atoms with van der Waals surface area (Å²) in [4.78, 5) is 23.8. The van der Waals surface area contributed by atoms with Crippen molar-refractivity contribution >= 4 is 16.9 Å². The van der Waals surface area contributed by atoms with Gasteiger partial charge >= 0.3 is 5.97 Å². The molecule has 8 heteroatoms. The van der Waals surface area contributed by atoms with E-state index in [1.54, 1.807) is 4.57 Å². The maximum atomic E-state index is 14.3. The number of pyridine rings is 1. The highest BCUT2D eigenvalue weighted by Crippen LogP contribution is 2.27. The molecule has 0 aliphatic heterocycles. The number of ether oxygens (including phenoxy) is 2. The molecule has 1 aromatic carbocycles. The van der Waals surface area contributed by atoms with Crippen molar-refractivity contribution < 1.29 is 28.9 Å². The molecule has 0 unspecified atom stereocenters. The molecule has 0 saturated heterocycles. The first kappa shape index (κ1) is 19.9. The Hall–Kier alpha value is -2.45. The zero-order valence-corrected chi connectivity index (χ0v) is 14.9. The number of hydrogen-bond donors (Lipinski definition) is 2. The van der Waals surface area contributed by atoms with Crippen LogP contribution in [0.3, 0.4) is 0 Å². The van der Waals surface area contributed by atoms with E-state index in [2.05, 4.69) is 0 Å². The predicted molar refractivity (Wildman–Crippen MR) is 93.5 cm³/mol. The SMILES string of the molecule is CC(C)(C)n1cc(C(=O)O)c(=O)c2cc(F)c(OCCOCCO)cc21. The van der Waals surface area contributed by atoms with Gasteiger partial charge in [-0.15, -0.1) is 0 Å². The van der Waals surface area contributed by atoms with Crippen molar-refractivity contribution in [2.45, 2.75) is 26.3 Å². The summed E-state index contributed by atoms with van der Waals surface area (Å²) in [5.74, 6) is -2.19. The van der Waals surface area contributed by atoms with Gasteiger partial charge in [-0.05, 0) is 26.8 Å². The summed E-state index contributed by atoms with van der Waals surface area (Å²) in [5, 5.41) is 17.9. The van der Waals surface area contributed by atoms with E-state index < -0.39 is 28.3 Å². The van der Waals surface area contributed by atoms with E-state index >= 15 is 0 Å². The van der Waals surface area contributed by atoms with Crippen molar-refractivity contribution in [2.24, 2.45) is 0 Å². The minimum atomic E-state index is -1.36. The van der Waals surface area contributed by atoms with Gasteiger partial charge in [-0.2, -0.15) is 0 Å². The summed E-state index contributed by atoms with van der Waals surface area (Å²) in [7, 11) is 0. The molecule has 0 aliphatic rings. The summed E-state index contributed by atoms with van der Waals surface area (Å²) in [6, 6.07) is 2.38. The molecule has 0 atom stereocenters. The third-order valence-corrected chi connectivity index (χ3v) is 3.73. The van der Waals surface area contributed by atoms with E-state index in [1.807, 2.05) is 20.8 Å². The van der Waals surface area contributed by atoms with Crippen LogP contribution in [0.2, 0.25) is 0 Å². The van der Waals surface area contributed by atoms with Crippen molar-refractivity contribution in [3.8, 4) is 5.75 Å². The highest BCUT2D eigenvalue weighted by Gasteiger charge is 2.22. The predicted octanol–water partition coefficient (Wildman–Crippen LogP) is 1.98. The second-order valence-electron chi connectivity index (χ2n) is 6.70. The second kappa shape index (κ2) is 7.84. The Morgan fingerprint density at radius 3 is 2.50 bits per heavy atom. The summed E-state index contributed by atoms with van der Waals surface area (Å²) < 4.78 is 26.4. The van der Waals surface area contributed by atoms with Gasteiger partial charge in [0, 0.05) is 23.2 Å². The van der Waals surface area contributed by atoms with Crippen molar-refractivity contribution in [3.05, 3.63) is 39.9 Å². The Balaban J connectivity index is 2.54. The minimum Gasteiger partial charge on any atom is -0.488 e. The smallest absolute Gasteiger partial charge is 0.341 e. The van der Waals surface area contributed by atoms with Crippen LogP contribution in [-0.4, -0.2) is 47.2 Å². The number of nitrogens with zero attached hydrogens (tertiary/aromatic N) is 1. The van der Waals surface area contributed by atoms with Crippen LogP contribution in [-0.2, 0) is 10.3 Å². The van der Waals surface area contributed by atoms with Gasteiger partial charge in [0.15, 0.2) is 11.6 Å². The van der Waals surface area contributed by atoms with E-state index in [4.69, 9.17) is 14.6 Å². The highest BCUT2D eigenvalue weighted by molar-refractivity contribution is 5.93. The highest BCUT2D eigenvalue weighted by atomic mass is 19.1. The van der Waals surface area contributed by atoms with Crippen molar-refractivity contribution in [2.75, 3.05) is 26.4 Å². The fraction of sp³-hybridized carbons (Fsp3) is 0.444. The van der Waals surface area contributed by atoms with Gasteiger partial charge in [0.2, 0.25) is 5.43 Å². The largest absolute Gasteiger partial charge is 0.488 e. The first-order valence-corrected chi connectivity index (χ1v) is 8.11. The minimum absolute atomic E-state index is 0.0267. The lowest BCUT2D eigenvalue weighted by Gasteiger charge is -2.26. The van der Waals surface area contributed by atoms with Crippen LogP contribution < -0.4 is 10.2 Å². The van der Waals surface area contributed by atoms with Crippen LogP contribution in [0.4, 0.5) is 4.39 Å². The number of aromatic nitrogens is 1. The number of fused-ring (bicyclic) bond motifs is 1. The number of aliphatic hydroxyl groups excluding tert-OH is 1. The number of aromatic carboxylic acids is 1. The molecule has 0 saturated carbocycles. The summed E-state index contributed by atoms with van der Waals surface area (Å²) in [5.41, 5.74) is -1.34. The topological polar surface area (TPSA) is 98.0 Å². The molecule has 0 radical (unpaired) electrons. The molecule has 0 bridgehead atoms. The first-order valence-electron chi connectivity index (χ1n) is 8.11. The number of carbonyl (C=O) groups is 1. The fourth-order valence-corrected chi connectivity index (χ4v) is 2.52. The molecule has 0 fully saturated rings. The molecule has 0 spiro atoms. The van der Waals surface area contributed by atoms with Crippen molar-refractivity contribution in [1.82, 2.24) is 4.57 Å². The molecule has 0 amide bonds. The Morgan fingerprint density at radius 1 is 1.23 bits per heavy atom. The standard InChI is InChI=1S/C18H22FNO6/c1-18(2,3)20-10-12(17(23)24)16(22)11-8-13(19)15(9-14(11)20)26-7-6-25-5-4-21/h8-10,21H,4-7H2,1-3H3,(H,23,24). The molecule has 7 nitrogen and oxygen atoms in total. The molecular formula is C18H22FNO6. The van der Waals surface area contributed by atoms with E-state index in [0.717, 1.165) is 6.07 Å². The maximum Gasteiger partial charge on any atom is 0.341 e. The van der Waals surface area contributed by atoms with Crippen LogP contribution in [0.25, 0.3) is 10.9 Å². The number of halogens is 1. The van der Waals surface area contributed by atoms with E-state index in [9.17, 15) is 19.1 Å². The monoisotopic (exact) mass is 367 g/mol. The summed E-state index contributed by atoms with van der Waals surface area (Å²) in [6.07, 6.45) is 1.26. The number of rotatable bonds is 7. The molecule has 26 heavy (non-hydrogen) atoms. The molecule has 2 aromatic rings. The van der Waals surface area contributed by atoms with Crippen molar-refractivity contribution in [1.29, 1.82) is 0 Å². The van der Waals surface area contributed by atoms with Gasteiger partial charge in [0.05, 0.1) is 25.3 Å². The molecule has 0 aliphatic carbocycles. The lowest BCUT2D eigenvalue weighted by molar-refractivity contribution is 0.0694. The second-order valence-corrected chi connectivity index (χ2v) is 6.70. The van der Waals surface area contributed by atoms with Crippen LogP contribution in [0.15, 0.2) is 23.1 Å². The van der Waals surface area contributed by atoms with Gasteiger partial charge in [-0.1, -0.05) is 0 Å². The van der Waals surface area contributed by atoms with Gasteiger partial charge in [0.25, 0.3) is 0 Å². The first-order chi connectivity index (χ1) is 12.2. The maximum absolute atomic E-state index is 14.3. The van der Waals surface area contributed by atoms with Gasteiger partial charge < -0.3 is 24.3 Å². The van der Waals surface area contributed by atoms with Gasteiger partial charge in [0.1, 0.15) is 12.2 Å². The van der Waals surface area contributed by atoms with Crippen LogP contribution in [0.1, 0.15) is 31.1 Å². The number of benzene rings is 1. The summed E-state index contributed by atoms with van der Waals surface area (Å²) in [6.45, 7) is 5.80. The number of hydrogen-bond acceptors (Lipinski definition) is 5. The van der Waals surface area contributed by atoms with E-state index in [-0.39, 0.29) is 37.6 Å². The number of carboxylic acid groups (broad SMARTS) is 1. The molecule has 2 rings (SSSR count). The Morgan fingerprint density at radius 2 is 1.92 bits per heavy atom. The fourth-order valence-electron chi connectivity index (χ4n) is 2.52. The normalized spacial score (nSPS) is 11.7. The molecule has 2 N–H and O–H groups in total. The van der Waals surface area contributed by atoms with Gasteiger partial charge in [-0.3, -0.25) is 4.79 Å². The third kappa shape index (κ3) is 4.20. The van der Waals surface area contributed by atoms with Crippen LogP contribution >= 0.6 is 0 Å². The van der Waals surface area contributed by atoms with Gasteiger partial charge in [-0.25, -0.2) is 9.18 Å². The zero-order chi connectivity index (χ0) is 19.5. The Kier molecular flexibility index (Phi) is 5.99. The molecular weight excluding hydrogens is 345 g/mol. The average Bonchev–Trinajstić information content (AvgIpc) is 2.54. The molecule has 1 heterocycles. The van der Waals surface area contributed by atoms with E-state index in [1.165, 1.54) is 12.3 Å². The lowest BCUT2D eigenvalue weighted by Crippen LogP contribution is -2.27. The molecule has 1 aromatic heterocycles. The third-order valence-electron chi connectivity index (χ3n) is 3.73. The van der Waals surface area contributed by atoms with E-state index in [0.29, 0.717) is 5.52 Å². The zero-order valence-electron chi connectivity index (χ0n) is 14.9. The average molecular weight is 367 g/mol. The molecule has 142 valence electrons. The van der Waals surface area contributed by atoms with Crippen LogP contribution in [0, 0.1) is 5.82 Å². The summed E-state index contributed by atoms with van der Waals surface area (Å²) >= 11 is 0. The quantitative estimate of drug-likeness (QED) is 0.726. The number of carboxylic acids is 1. The van der Waals surface area contributed by atoms with Crippen molar-refractivity contribution in [3.63, 3.8) is 0 Å². The Labute approximate surface area is 149 Å².